The van der Waals surface area contributed by atoms with Crippen LogP contribution in [0.3, 0.4) is 0 Å². The van der Waals surface area contributed by atoms with Crippen LogP contribution < -0.4 is 25.4 Å². The van der Waals surface area contributed by atoms with Crippen LogP contribution in [-0.2, 0) is 13.0 Å². The molecule has 0 unspecified atom stereocenters. The van der Waals surface area contributed by atoms with Crippen molar-refractivity contribution in [1.82, 2.24) is 0 Å². The van der Waals surface area contributed by atoms with Crippen molar-refractivity contribution < 1.29 is 9.47 Å². The van der Waals surface area contributed by atoms with E-state index in [-0.39, 0.29) is 24.0 Å². The van der Waals surface area contributed by atoms with Gasteiger partial charge in [-0.25, -0.2) is 4.99 Å². The summed E-state index contributed by atoms with van der Waals surface area (Å²) in [5, 5.41) is 3.09. The Morgan fingerprint density at radius 1 is 1.19 bits per heavy atom. The standard InChI is InChI=1S/C20H26N4O2.HI/c1-24-10-4-5-15-11-14(6-8-18(15)24)13-22-20(21)23-17-12-16(25-2)7-9-19(17)26-3;/h6-9,11-12H,4-5,10,13H2,1-3H3,(H3,21,22,23);1H. The molecule has 2 aromatic rings. The number of guanidine groups is 1. The van der Waals surface area contributed by atoms with Crippen molar-refractivity contribution >= 4 is 41.3 Å². The first-order chi connectivity index (χ1) is 12.6. The Labute approximate surface area is 177 Å². The lowest BCUT2D eigenvalue weighted by Crippen LogP contribution is -2.24. The molecule has 0 bridgehead atoms. The molecule has 0 aromatic heterocycles. The fourth-order valence-electron chi connectivity index (χ4n) is 3.20. The summed E-state index contributed by atoms with van der Waals surface area (Å²) in [6, 6.07) is 12.0. The lowest BCUT2D eigenvalue weighted by atomic mass is 10.00. The molecule has 0 radical (unpaired) electrons. The number of aliphatic imine (C=N–C) groups is 1. The van der Waals surface area contributed by atoms with Crippen LogP contribution in [0.4, 0.5) is 11.4 Å². The number of benzene rings is 2. The number of ether oxygens (including phenoxy) is 2. The smallest absolute Gasteiger partial charge is 0.193 e. The molecule has 1 aliphatic rings. The molecule has 6 nitrogen and oxygen atoms in total. The van der Waals surface area contributed by atoms with Crippen LogP contribution in [0, 0.1) is 0 Å². The molecule has 3 rings (SSSR count). The van der Waals surface area contributed by atoms with Gasteiger partial charge in [0.25, 0.3) is 0 Å². The SMILES string of the molecule is COc1ccc(OC)c(NC(N)=NCc2ccc3c(c2)CCCN3C)c1.I. The molecule has 27 heavy (non-hydrogen) atoms. The van der Waals surface area contributed by atoms with Gasteiger partial charge in [0.2, 0.25) is 0 Å². The van der Waals surface area contributed by atoms with Crippen molar-refractivity contribution in [3.8, 4) is 11.5 Å². The third-order valence-corrected chi connectivity index (χ3v) is 4.60. The van der Waals surface area contributed by atoms with Crippen LogP contribution in [0.2, 0.25) is 0 Å². The summed E-state index contributed by atoms with van der Waals surface area (Å²) in [5.41, 5.74) is 10.6. The third kappa shape index (κ3) is 5.18. The predicted molar refractivity (Wildman–Crippen MR) is 122 cm³/mol. The van der Waals surface area contributed by atoms with Crippen molar-refractivity contribution in [3.63, 3.8) is 0 Å². The summed E-state index contributed by atoms with van der Waals surface area (Å²) in [7, 11) is 5.38. The average Bonchev–Trinajstić information content (AvgIpc) is 2.66. The van der Waals surface area contributed by atoms with Crippen molar-refractivity contribution in [2.75, 3.05) is 38.0 Å². The molecule has 0 saturated carbocycles. The van der Waals surface area contributed by atoms with E-state index in [1.807, 2.05) is 18.2 Å². The Balaban J connectivity index is 0.00000261. The molecule has 0 fully saturated rings. The highest BCUT2D eigenvalue weighted by Crippen LogP contribution is 2.29. The number of nitrogens with two attached hydrogens (primary N) is 1. The summed E-state index contributed by atoms with van der Waals surface area (Å²) in [4.78, 5) is 6.76. The minimum atomic E-state index is 0. The summed E-state index contributed by atoms with van der Waals surface area (Å²) < 4.78 is 10.6. The molecule has 0 saturated heterocycles. The fourth-order valence-corrected chi connectivity index (χ4v) is 3.20. The van der Waals surface area contributed by atoms with Crippen LogP contribution in [0.25, 0.3) is 0 Å². The molecule has 0 spiro atoms. The summed E-state index contributed by atoms with van der Waals surface area (Å²) in [5.74, 6) is 1.74. The van der Waals surface area contributed by atoms with E-state index in [1.54, 1.807) is 14.2 Å². The number of hydrogen-bond acceptors (Lipinski definition) is 4. The van der Waals surface area contributed by atoms with Gasteiger partial charge in [0, 0.05) is 25.3 Å². The zero-order valence-corrected chi connectivity index (χ0v) is 18.3. The first kappa shape index (κ1) is 21.1. The molecule has 2 aromatic carbocycles. The van der Waals surface area contributed by atoms with Gasteiger partial charge in [-0.05, 0) is 42.2 Å². The topological polar surface area (TPSA) is 72.1 Å². The van der Waals surface area contributed by atoms with Crippen LogP contribution in [0.1, 0.15) is 17.5 Å². The molecular formula is C20H27IN4O2. The average molecular weight is 482 g/mol. The Kier molecular flexibility index (Phi) is 7.58. The van der Waals surface area contributed by atoms with Gasteiger partial charge in [0.15, 0.2) is 5.96 Å². The molecule has 7 heteroatoms. The van der Waals surface area contributed by atoms with Gasteiger partial charge in [0.05, 0.1) is 26.5 Å². The third-order valence-electron chi connectivity index (χ3n) is 4.60. The van der Waals surface area contributed by atoms with Gasteiger partial charge in [-0.3, -0.25) is 0 Å². The van der Waals surface area contributed by atoms with Gasteiger partial charge < -0.3 is 25.4 Å². The van der Waals surface area contributed by atoms with Crippen LogP contribution >= 0.6 is 24.0 Å². The summed E-state index contributed by atoms with van der Waals surface area (Å²) in [6.45, 7) is 1.64. The normalized spacial score (nSPS) is 13.4. The summed E-state index contributed by atoms with van der Waals surface area (Å²) in [6.07, 6.45) is 2.31. The Morgan fingerprint density at radius 2 is 2.00 bits per heavy atom. The second kappa shape index (κ2) is 9.68. The molecule has 0 atom stereocenters. The van der Waals surface area contributed by atoms with Gasteiger partial charge in [-0.2, -0.15) is 0 Å². The number of methoxy groups -OCH3 is 2. The van der Waals surface area contributed by atoms with E-state index in [0.717, 1.165) is 30.0 Å². The highest BCUT2D eigenvalue weighted by Gasteiger charge is 2.13. The first-order valence-corrected chi connectivity index (χ1v) is 8.72. The quantitative estimate of drug-likeness (QED) is 0.387. The largest absolute Gasteiger partial charge is 0.497 e. The Hall–Kier alpha value is -2.16. The van der Waals surface area contributed by atoms with Gasteiger partial charge in [-0.1, -0.05) is 12.1 Å². The van der Waals surface area contributed by atoms with E-state index >= 15 is 0 Å². The monoisotopic (exact) mass is 482 g/mol. The minimum Gasteiger partial charge on any atom is -0.497 e. The summed E-state index contributed by atoms with van der Waals surface area (Å²) >= 11 is 0. The highest BCUT2D eigenvalue weighted by atomic mass is 127. The molecule has 3 N–H and O–H groups in total. The first-order valence-electron chi connectivity index (χ1n) is 8.72. The molecular weight excluding hydrogens is 455 g/mol. The predicted octanol–water partition coefficient (Wildman–Crippen LogP) is 3.63. The van der Waals surface area contributed by atoms with E-state index < -0.39 is 0 Å². The van der Waals surface area contributed by atoms with Crippen LogP contribution in [-0.4, -0.2) is 33.8 Å². The zero-order chi connectivity index (χ0) is 18.5. The van der Waals surface area contributed by atoms with E-state index in [1.165, 1.54) is 17.7 Å². The second-order valence-corrected chi connectivity index (χ2v) is 6.38. The van der Waals surface area contributed by atoms with Crippen LogP contribution in [0.15, 0.2) is 41.4 Å². The Morgan fingerprint density at radius 3 is 2.74 bits per heavy atom. The number of nitrogens with one attached hydrogen (secondary N) is 1. The number of anilines is 2. The number of fused-ring (bicyclic) bond motifs is 1. The number of hydrogen-bond donors (Lipinski definition) is 2. The van der Waals surface area contributed by atoms with Crippen molar-refractivity contribution in [2.24, 2.45) is 10.7 Å². The molecule has 146 valence electrons. The van der Waals surface area contributed by atoms with Gasteiger partial charge in [-0.15, -0.1) is 24.0 Å². The van der Waals surface area contributed by atoms with Crippen LogP contribution in [0.5, 0.6) is 11.5 Å². The molecule has 0 amide bonds. The maximum atomic E-state index is 6.06. The minimum absolute atomic E-state index is 0. The van der Waals surface area contributed by atoms with Crippen molar-refractivity contribution in [2.45, 2.75) is 19.4 Å². The maximum absolute atomic E-state index is 6.06. The Bertz CT molecular complexity index is 811. The van der Waals surface area contributed by atoms with E-state index in [2.05, 4.69) is 40.5 Å². The number of nitrogens with zero attached hydrogens (tertiary/aromatic N) is 2. The zero-order valence-electron chi connectivity index (χ0n) is 16.0. The molecule has 1 heterocycles. The highest BCUT2D eigenvalue weighted by molar-refractivity contribution is 14.0. The van der Waals surface area contributed by atoms with Gasteiger partial charge in [0.1, 0.15) is 11.5 Å². The number of rotatable bonds is 5. The van der Waals surface area contributed by atoms with Crippen molar-refractivity contribution in [3.05, 3.63) is 47.5 Å². The lowest BCUT2D eigenvalue weighted by Gasteiger charge is -2.27. The second-order valence-electron chi connectivity index (χ2n) is 6.38. The maximum Gasteiger partial charge on any atom is 0.193 e. The van der Waals surface area contributed by atoms with E-state index in [0.29, 0.717) is 18.3 Å². The van der Waals surface area contributed by atoms with E-state index in [4.69, 9.17) is 15.2 Å². The van der Waals surface area contributed by atoms with Crippen molar-refractivity contribution in [1.29, 1.82) is 0 Å². The molecule has 1 aliphatic heterocycles. The number of aryl methyl sites for hydroxylation is 1. The number of halogens is 1. The fraction of sp³-hybridized carbons (Fsp3) is 0.350. The van der Waals surface area contributed by atoms with Gasteiger partial charge >= 0.3 is 0 Å². The van der Waals surface area contributed by atoms with E-state index in [9.17, 15) is 0 Å². The molecule has 0 aliphatic carbocycles. The lowest BCUT2D eigenvalue weighted by molar-refractivity contribution is 0.405.